The molecule has 1 N–H and O–H groups in total. The summed E-state index contributed by atoms with van der Waals surface area (Å²) in [5.74, 6) is 0.983. The first-order chi connectivity index (χ1) is 11.3. The van der Waals surface area contributed by atoms with Crippen molar-refractivity contribution >= 4 is 11.7 Å². The minimum atomic E-state index is -0.274. The van der Waals surface area contributed by atoms with Crippen molar-refractivity contribution in [2.75, 3.05) is 7.11 Å². The predicted octanol–water partition coefficient (Wildman–Crippen LogP) is 3.51. The van der Waals surface area contributed by atoms with Gasteiger partial charge < -0.3 is 10.1 Å². The van der Waals surface area contributed by atoms with Crippen LogP contribution >= 0.6 is 0 Å². The molecule has 0 radical (unpaired) electrons. The van der Waals surface area contributed by atoms with Gasteiger partial charge in [-0.05, 0) is 30.0 Å². The van der Waals surface area contributed by atoms with Crippen LogP contribution in [0.1, 0.15) is 29.2 Å². The highest BCUT2D eigenvalue weighted by molar-refractivity contribution is 6.11. The fourth-order valence-electron chi connectivity index (χ4n) is 3.70. The van der Waals surface area contributed by atoms with Crippen LogP contribution in [-0.4, -0.2) is 18.9 Å². The summed E-state index contributed by atoms with van der Waals surface area (Å²) in [6, 6.07) is 15.7. The maximum absolute atomic E-state index is 12.2. The number of nitrogens with zero attached hydrogens (tertiary/aromatic N) is 1. The van der Waals surface area contributed by atoms with Gasteiger partial charge in [0.1, 0.15) is 5.75 Å². The number of ether oxygens (including phenoxy) is 1. The van der Waals surface area contributed by atoms with Crippen LogP contribution in [0.2, 0.25) is 0 Å². The Morgan fingerprint density at radius 2 is 1.91 bits per heavy atom. The lowest BCUT2D eigenvalue weighted by atomic mass is 9.75. The number of aryl methyl sites for hydroxylation is 1. The first-order valence-corrected chi connectivity index (χ1v) is 7.88. The van der Waals surface area contributed by atoms with Crippen molar-refractivity contribution in [2.45, 2.75) is 18.9 Å². The topological polar surface area (TPSA) is 50.7 Å². The number of urea groups is 1. The van der Waals surface area contributed by atoms with Gasteiger partial charge >= 0.3 is 6.03 Å². The van der Waals surface area contributed by atoms with Crippen molar-refractivity contribution in [3.8, 4) is 5.75 Å². The van der Waals surface area contributed by atoms with E-state index < -0.39 is 0 Å². The predicted molar refractivity (Wildman–Crippen MR) is 89.1 cm³/mol. The Morgan fingerprint density at radius 3 is 2.78 bits per heavy atom. The zero-order valence-corrected chi connectivity index (χ0v) is 13.0. The van der Waals surface area contributed by atoms with Crippen molar-refractivity contribution in [3.05, 3.63) is 65.2 Å². The average Bonchev–Trinajstić information content (AvgIpc) is 2.61. The van der Waals surface area contributed by atoms with E-state index in [4.69, 9.17) is 4.74 Å². The second-order valence-electron chi connectivity index (χ2n) is 5.97. The lowest BCUT2D eigenvalue weighted by molar-refractivity contribution is 0.238. The molecule has 23 heavy (non-hydrogen) atoms. The molecule has 0 bridgehead atoms. The van der Waals surface area contributed by atoms with Crippen LogP contribution in [-0.2, 0) is 6.42 Å². The number of hydrogen-bond donors (Lipinski definition) is 1. The summed E-state index contributed by atoms with van der Waals surface area (Å²) in [4.78, 5) is 16.5. The van der Waals surface area contributed by atoms with Crippen LogP contribution in [0.3, 0.4) is 0 Å². The van der Waals surface area contributed by atoms with Gasteiger partial charge in [-0.3, -0.25) is 0 Å². The van der Waals surface area contributed by atoms with Crippen LogP contribution < -0.4 is 10.1 Å². The Hall–Kier alpha value is -2.62. The normalized spacial score (nSPS) is 22.5. The van der Waals surface area contributed by atoms with Gasteiger partial charge in [0.05, 0.1) is 18.9 Å². The first kappa shape index (κ1) is 14.0. The molecule has 4 heteroatoms. The number of fused-ring (bicyclic) bond motifs is 3. The summed E-state index contributed by atoms with van der Waals surface area (Å²) >= 11 is 0. The number of aliphatic imine (C=N–C) groups is 1. The van der Waals surface area contributed by atoms with Crippen molar-refractivity contribution in [2.24, 2.45) is 10.9 Å². The number of para-hydroxylation sites is 1. The van der Waals surface area contributed by atoms with Gasteiger partial charge in [0, 0.05) is 11.5 Å². The summed E-state index contributed by atoms with van der Waals surface area (Å²) in [6.45, 7) is 0. The number of methoxy groups -OCH3 is 1. The SMILES string of the molecule is COc1ccccc1C1NC(=O)N=C2c3ccccc3CCC21. The van der Waals surface area contributed by atoms with Crippen molar-refractivity contribution in [1.29, 1.82) is 0 Å². The molecule has 0 fully saturated rings. The number of benzene rings is 2. The van der Waals surface area contributed by atoms with Gasteiger partial charge in [-0.25, -0.2) is 4.79 Å². The molecule has 2 aromatic carbocycles. The smallest absolute Gasteiger partial charge is 0.341 e. The van der Waals surface area contributed by atoms with Crippen molar-refractivity contribution in [1.82, 2.24) is 5.32 Å². The van der Waals surface area contributed by atoms with E-state index >= 15 is 0 Å². The lowest BCUT2D eigenvalue weighted by Gasteiger charge is -2.36. The fraction of sp³-hybridized carbons (Fsp3) is 0.263. The molecular weight excluding hydrogens is 288 g/mol. The average molecular weight is 306 g/mol. The van der Waals surface area contributed by atoms with Crippen molar-refractivity contribution in [3.63, 3.8) is 0 Å². The third-order valence-electron chi connectivity index (χ3n) is 4.75. The third kappa shape index (κ3) is 2.31. The minimum Gasteiger partial charge on any atom is -0.496 e. The summed E-state index contributed by atoms with van der Waals surface area (Å²) in [6.07, 6.45) is 1.97. The molecule has 1 aliphatic carbocycles. The summed E-state index contributed by atoms with van der Waals surface area (Å²) in [5, 5.41) is 3.03. The molecule has 2 aliphatic rings. The molecule has 0 aromatic heterocycles. The quantitative estimate of drug-likeness (QED) is 0.923. The lowest BCUT2D eigenvalue weighted by Crippen LogP contribution is -2.43. The van der Waals surface area contributed by atoms with E-state index in [1.54, 1.807) is 7.11 Å². The molecule has 0 saturated carbocycles. The second-order valence-corrected chi connectivity index (χ2v) is 5.97. The molecule has 0 spiro atoms. The molecule has 4 rings (SSSR count). The molecule has 0 saturated heterocycles. The molecular formula is C19H18N2O2. The van der Waals surface area contributed by atoms with Crippen LogP contribution in [0.4, 0.5) is 4.79 Å². The van der Waals surface area contributed by atoms with Crippen LogP contribution in [0.5, 0.6) is 5.75 Å². The van der Waals surface area contributed by atoms with Gasteiger partial charge in [-0.15, -0.1) is 0 Å². The molecule has 2 atom stereocenters. The monoisotopic (exact) mass is 306 g/mol. The van der Waals surface area contributed by atoms with Gasteiger partial charge in [-0.1, -0.05) is 42.5 Å². The highest BCUT2D eigenvalue weighted by atomic mass is 16.5. The Bertz CT molecular complexity index is 797. The van der Waals surface area contributed by atoms with Gasteiger partial charge in [0.15, 0.2) is 0 Å². The van der Waals surface area contributed by atoms with E-state index in [-0.39, 0.29) is 18.0 Å². The van der Waals surface area contributed by atoms with E-state index in [0.29, 0.717) is 0 Å². The largest absolute Gasteiger partial charge is 0.496 e. The summed E-state index contributed by atoms with van der Waals surface area (Å²) < 4.78 is 5.49. The van der Waals surface area contributed by atoms with Gasteiger partial charge in [0.25, 0.3) is 0 Å². The molecule has 2 amide bonds. The Kier molecular flexibility index (Phi) is 3.37. The summed E-state index contributed by atoms with van der Waals surface area (Å²) in [5.41, 5.74) is 4.31. The molecule has 1 heterocycles. The number of hydrogen-bond acceptors (Lipinski definition) is 2. The fourth-order valence-corrected chi connectivity index (χ4v) is 3.70. The molecule has 2 aromatic rings. The number of nitrogens with one attached hydrogen (secondary N) is 1. The molecule has 1 aliphatic heterocycles. The van der Waals surface area contributed by atoms with E-state index in [1.165, 1.54) is 5.56 Å². The number of amides is 2. The van der Waals surface area contributed by atoms with Crippen molar-refractivity contribution < 1.29 is 9.53 Å². The molecule has 4 nitrogen and oxygen atoms in total. The van der Waals surface area contributed by atoms with Crippen LogP contribution in [0.15, 0.2) is 53.5 Å². The Balaban J connectivity index is 1.81. The van der Waals surface area contributed by atoms with E-state index in [2.05, 4.69) is 22.4 Å². The zero-order valence-electron chi connectivity index (χ0n) is 13.0. The zero-order chi connectivity index (χ0) is 15.8. The minimum absolute atomic E-state index is 0.0977. The van der Waals surface area contributed by atoms with Gasteiger partial charge in [-0.2, -0.15) is 4.99 Å². The maximum Gasteiger partial charge on any atom is 0.341 e. The second kappa shape index (κ2) is 5.54. The highest BCUT2D eigenvalue weighted by Gasteiger charge is 2.38. The van der Waals surface area contributed by atoms with E-state index in [0.717, 1.165) is 35.4 Å². The Labute approximate surface area is 135 Å². The standard InChI is InChI=1S/C19H18N2O2/c1-23-16-9-5-4-8-14(16)18-15-11-10-12-6-2-3-7-13(12)17(15)20-19(22)21-18/h2-9,15,18H,10-11H2,1H3,(H,21,22). The number of carbonyl (C=O) groups is 1. The first-order valence-electron chi connectivity index (χ1n) is 7.88. The molecule has 2 unspecified atom stereocenters. The third-order valence-corrected chi connectivity index (χ3v) is 4.75. The highest BCUT2D eigenvalue weighted by Crippen LogP contribution is 2.39. The van der Waals surface area contributed by atoms with Crippen LogP contribution in [0, 0.1) is 5.92 Å². The van der Waals surface area contributed by atoms with Gasteiger partial charge in [0.2, 0.25) is 0 Å². The Morgan fingerprint density at radius 1 is 1.13 bits per heavy atom. The molecule has 116 valence electrons. The van der Waals surface area contributed by atoms with Crippen LogP contribution in [0.25, 0.3) is 0 Å². The number of carbonyl (C=O) groups excluding carboxylic acids is 1. The summed E-state index contributed by atoms with van der Waals surface area (Å²) in [7, 11) is 1.66. The number of rotatable bonds is 2. The van der Waals surface area contributed by atoms with E-state index in [1.807, 2.05) is 36.4 Å². The van der Waals surface area contributed by atoms with E-state index in [9.17, 15) is 4.79 Å². The maximum atomic E-state index is 12.2.